The number of nitrogens with zero attached hydrogens (tertiary/aromatic N) is 2. The average molecular weight is 303 g/mol. The third-order valence-corrected chi connectivity index (χ3v) is 3.34. The van der Waals surface area contributed by atoms with E-state index in [0.29, 0.717) is 23.2 Å². The summed E-state index contributed by atoms with van der Waals surface area (Å²) >= 11 is 6.03. The predicted octanol–water partition coefficient (Wildman–Crippen LogP) is 2.99. The van der Waals surface area contributed by atoms with Crippen LogP contribution >= 0.6 is 11.6 Å². The molecule has 1 aromatic carbocycles. The molecular formula is C15H15ClN4O. The van der Waals surface area contributed by atoms with E-state index in [-0.39, 0.29) is 6.61 Å². The van der Waals surface area contributed by atoms with Gasteiger partial charge in [0.25, 0.3) is 0 Å². The Morgan fingerprint density at radius 2 is 2.14 bits per heavy atom. The van der Waals surface area contributed by atoms with Crippen molar-refractivity contribution in [1.29, 1.82) is 0 Å². The van der Waals surface area contributed by atoms with Crippen LogP contribution in [0.15, 0.2) is 30.3 Å². The van der Waals surface area contributed by atoms with Gasteiger partial charge in [0.05, 0.1) is 12.0 Å². The monoisotopic (exact) mass is 302 g/mol. The van der Waals surface area contributed by atoms with Crippen molar-refractivity contribution in [2.24, 2.45) is 0 Å². The Balaban J connectivity index is 2.15. The molecule has 0 aliphatic heterocycles. The van der Waals surface area contributed by atoms with E-state index in [1.807, 2.05) is 37.3 Å². The Labute approximate surface area is 127 Å². The number of benzene rings is 1. The second kappa shape index (κ2) is 5.71. The Kier molecular flexibility index (Phi) is 3.77. The number of hydrogen-bond donors (Lipinski definition) is 3. The largest absolute Gasteiger partial charge is 0.395 e. The van der Waals surface area contributed by atoms with Crippen LogP contribution in [0, 0.1) is 6.92 Å². The molecule has 0 amide bonds. The maximum absolute atomic E-state index is 9.00. The average Bonchev–Trinajstić information content (AvgIpc) is 2.85. The van der Waals surface area contributed by atoms with Gasteiger partial charge in [-0.2, -0.15) is 0 Å². The standard InChI is InChI=1S/C15H15ClN4O/c1-9-7-12-14(17-5-6-21)19-13(20-15(12)18-9)10-3-2-4-11(16)8-10/h2-4,7-8,21H,5-6H2,1H3,(H2,17,18,19,20). The Morgan fingerprint density at radius 3 is 2.90 bits per heavy atom. The van der Waals surface area contributed by atoms with Crippen molar-refractivity contribution in [2.75, 3.05) is 18.5 Å². The van der Waals surface area contributed by atoms with Crippen molar-refractivity contribution < 1.29 is 5.11 Å². The summed E-state index contributed by atoms with van der Waals surface area (Å²) < 4.78 is 0. The van der Waals surface area contributed by atoms with E-state index in [1.165, 1.54) is 0 Å². The molecule has 108 valence electrons. The Morgan fingerprint density at radius 1 is 1.29 bits per heavy atom. The fourth-order valence-electron chi connectivity index (χ4n) is 2.21. The molecule has 0 saturated heterocycles. The first-order valence-corrected chi connectivity index (χ1v) is 7.03. The van der Waals surface area contributed by atoms with Crippen LogP contribution in [0.4, 0.5) is 5.82 Å². The highest BCUT2D eigenvalue weighted by molar-refractivity contribution is 6.30. The molecule has 0 saturated carbocycles. The number of aryl methyl sites for hydroxylation is 1. The number of aliphatic hydroxyl groups excluding tert-OH is 1. The molecule has 0 aliphatic carbocycles. The number of anilines is 1. The fraction of sp³-hybridized carbons (Fsp3) is 0.200. The highest BCUT2D eigenvalue weighted by Crippen LogP contribution is 2.26. The minimum absolute atomic E-state index is 0.0431. The number of nitrogens with one attached hydrogen (secondary N) is 2. The van der Waals surface area contributed by atoms with Gasteiger partial charge in [0.2, 0.25) is 0 Å². The Hall–Kier alpha value is -2.11. The molecule has 2 aromatic heterocycles. The van der Waals surface area contributed by atoms with Gasteiger partial charge in [-0.3, -0.25) is 0 Å². The van der Waals surface area contributed by atoms with Gasteiger partial charge in [0.15, 0.2) is 5.82 Å². The second-order valence-corrected chi connectivity index (χ2v) is 5.21. The Bertz CT molecular complexity index is 784. The van der Waals surface area contributed by atoms with Gasteiger partial charge >= 0.3 is 0 Å². The molecular weight excluding hydrogens is 288 g/mol. The van der Waals surface area contributed by atoms with Crippen LogP contribution < -0.4 is 5.32 Å². The molecule has 0 bridgehead atoms. The number of rotatable bonds is 4. The molecule has 0 spiro atoms. The second-order valence-electron chi connectivity index (χ2n) is 4.77. The molecule has 3 rings (SSSR count). The van der Waals surface area contributed by atoms with E-state index in [1.54, 1.807) is 0 Å². The van der Waals surface area contributed by atoms with Crippen LogP contribution in [0.2, 0.25) is 5.02 Å². The smallest absolute Gasteiger partial charge is 0.163 e. The molecule has 3 N–H and O–H groups in total. The van der Waals surface area contributed by atoms with Crippen molar-refractivity contribution in [2.45, 2.75) is 6.92 Å². The minimum atomic E-state index is 0.0431. The SMILES string of the molecule is Cc1cc2c(NCCO)nc(-c3cccc(Cl)c3)nc2[nH]1. The lowest BCUT2D eigenvalue weighted by Crippen LogP contribution is -2.08. The van der Waals surface area contributed by atoms with Crippen molar-refractivity contribution in [3.8, 4) is 11.4 Å². The van der Waals surface area contributed by atoms with Crippen LogP contribution in [0.3, 0.4) is 0 Å². The highest BCUT2D eigenvalue weighted by Gasteiger charge is 2.11. The predicted molar refractivity (Wildman–Crippen MR) is 84.6 cm³/mol. The zero-order valence-electron chi connectivity index (χ0n) is 11.5. The minimum Gasteiger partial charge on any atom is -0.395 e. The van der Waals surface area contributed by atoms with E-state index in [9.17, 15) is 0 Å². The molecule has 3 aromatic rings. The summed E-state index contributed by atoms with van der Waals surface area (Å²) in [4.78, 5) is 12.3. The molecule has 0 aliphatic rings. The van der Waals surface area contributed by atoms with E-state index in [4.69, 9.17) is 16.7 Å². The van der Waals surface area contributed by atoms with Crippen LogP contribution in [0.1, 0.15) is 5.69 Å². The highest BCUT2D eigenvalue weighted by atomic mass is 35.5. The van der Waals surface area contributed by atoms with Gasteiger partial charge in [0, 0.05) is 22.8 Å². The molecule has 21 heavy (non-hydrogen) atoms. The maximum Gasteiger partial charge on any atom is 0.163 e. The lowest BCUT2D eigenvalue weighted by molar-refractivity contribution is 0.311. The topological polar surface area (TPSA) is 73.8 Å². The number of H-pyrrole nitrogens is 1. The number of hydrogen-bond acceptors (Lipinski definition) is 4. The first-order valence-electron chi connectivity index (χ1n) is 6.65. The van der Waals surface area contributed by atoms with Crippen molar-refractivity contribution in [1.82, 2.24) is 15.0 Å². The van der Waals surface area contributed by atoms with E-state index < -0.39 is 0 Å². The number of aromatic amines is 1. The van der Waals surface area contributed by atoms with Gasteiger partial charge in [0.1, 0.15) is 11.5 Å². The van der Waals surface area contributed by atoms with Crippen LogP contribution in [-0.2, 0) is 0 Å². The third kappa shape index (κ3) is 2.84. The molecule has 0 fully saturated rings. The summed E-state index contributed by atoms with van der Waals surface area (Å²) in [5.41, 5.74) is 2.62. The number of halogens is 1. The summed E-state index contributed by atoms with van der Waals surface area (Å²) in [5, 5.41) is 13.7. The molecule has 0 radical (unpaired) electrons. The lowest BCUT2D eigenvalue weighted by Gasteiger charge is -2.08. The fourth-order valence-corrected chi connectivity index (χ4v) is 2.40. The summed E-state index contributed by atoms with van der Waals surface area (Å²) in [6.45, 7) is 2.45. The zero-order valence-corrected chi connectivity index (χ0v) is 12.3. The van der Waals surface area contributed by atoms with E-state index in [2.05, 4.69) is 20.3 Å². The molecule has 6 heteroatoms. The van der Waals surface area contributed by atoms with Gasteiger partial charge in [-0.1, -0.05) is 23.7 Å². The summed E-state index contributed by atoms with van der Waals surface area (Å²) in [6, 6.07) is 9.41. The molecule has 2 heterocycles. The normalized spacial score (nSPS) is 11.0. The third-order valence-electron chi connectivity index (χ3n) is 3.11. The number of fused-ring (bicyclic) bond motifs is 1. The zero-order chi connectivity index (χ0) is 14.8. The van der Waals surface area contributed by atoms with Crippen molar-refractivity contribution in [3.05, 3.63) is 41.0 Å². The summed E-state index contributed by atoms with van der Waals surface area (Å²) in [7, 11) is 0. The van der Waals surface area contributed by atoms with Crippen molar-refractivity contribution >= 4 is 28.5 Å². The van der Waals surface area contributed by atoms with Crippen LogP contribution in [-0.4, -0.2) is 33.2 Å². The lowest BCUT2D eigenvalue weighted by atomic mass is 10.2. The van der Waals surface area contributed by atoms with Gasteiger partial charge in [-0.05, 0) is 25.1 Å². The maximum atomic E-state index is 9.00. The van der Waals surface area contributed by atoms with Gasteiger partial charge in [-0.15, -0.1) is 0 Å². The van der Waals surface area contributed by atoms with E-state index >= 15 is 0 Å². The number of aromatic nitrogens is 3. The summed E-state index contributed by atoms with van der Waals surface area (Å²) in [6.07, 6.45) is 0. The summed E-state index contributed by atoms with van der Waals surface area (Å²) in [5.74, 6) is 1.29. The molecule has 5 nitrogen and oxygen atoms in total. The first kappa shape index (κ1) is 13.9. The van der Waals surface area contributed by atoms with Gasteiger partial charge < -0.3 is 15.4 Å². The quantitative estimate of drug-likeness (QED) is 0.692. The van der Waals surface area contributed by atoms with E-state index in [0.717, 1.165) is 22.3 Å². The molecule has 0 atom stereocenters. The number of aliphatic hydroxyl groups is 1. The van der Waals surface area contributed by atoms with Gasteiger partial charge in [-0.25, -0.2) is 9.97 Å². The van der Waals surface area contributed by atoms with Crippen LogP contribution in [0.5, 0.6) is 0 Å². The first-order chi connectivity index (χ1) is 10.2. The van der Waals surface area contributed by atoms with Crippen LogP contribution in [0.25, 0.3) is 22.4 Å². The van der Waals surface area contributed by atoms with Crippen molar-refractivity contribution in [3.63, 3.8) is 0 Å². The molecule has 0 unspecified atom stereocenters.